The number of rotatable bonds is 3. The molecule has 0 aliphatic carbocycles. The van der Waals surface area contributed by atoms with Crippen LogP contribution in [0, 0.1) is 0 Å². The van der Waals surface area contributed by atoms with Crippen LogP contribution in [0.5, 0.6) is 0 Å². The minimum Gasteiger partial charge on any atom is -0.478 e. The Morgan fingerprint density at radius 3 is 2.76 bits per heavy atom. The van der Waals surface area contributed by atoms with Gasteiger partial charge in [-0.2, -0.15) is 0 Å². The third-order valence-electron chi connectivity index (χ3n) is 2.03. The van der Waals surface area contributed by atoms with E-state index in [2.05, 4.69) is 10.3 Å². The summed E-state index contributed by atoms with van der Waals surface area (Å²) < 4.78 is 4.76. The molecule has 0 aliphatic rings. The van der Waals surface area contributed by atoms with E-state index in [1.165, 1.54) is 37.1 Å². The predicted molar refractivity (Wildman–Crippen MR) is 57.9 cm³/mol. The number of hydrogen-bond acceptors (Lipinski definition) is 4. The Kier molecular flexibility index (Phi) is 2.87. The molecular formula is C11H8N2O4. The van der Waals surface area contributed by atoms with Crippen molar-refractivity contribution >= 4 is 17.6 Å². The average Bonchev–Trinajstić information content (AvgIpc) is 2.82. The molecule has 0 saturated carbocycles. The second kappa shape index (κ2) is 4.48. The van der Waals surface area contributed by atoms with Gasteiger partial charge in [-0.05, 0) is 12.1 Å². The van der Waals surface area contributed by atoms with E-state index in [1.807, 2.05) is 0 Å². The van der Waals surface area contributed by atoms with Crippen molar-refractivity contribution in [3.05, 3.63) is 48.2 Å². The molecule has 2 aromatic rings. The van der Waals surface area contributed by atoms with Crippen LogP contribution >= 0.6 is 0 Å². The Bertz CT molecular complexity index is 548. The minimum atomic E-state index is -1.10. The van der Waals surface area contributed by atoms with Crippen LogP contribution in [0.15, 0.2) is 41.5 Å². The Morgan fingerprint density at radius 1 is 1.29 bits per heavy atom. The molecule has 0 radical (unpaired) electrons. The van der Waals surface area contributed by atoms with Gasteiger partial charge in [0, 0.05) is 6.20 Å². The number of furan rings is 1. The summed E-state index contributed by atoms with van der Waals surface area (Å²) in [7, 11) is 0. The minimum absolute atomic E-state index is 0.00925. The molecule has 0 saturated heterocycles. The summed E-state index contributed by atoms with van der Waals surface area (Å²) in [5, 5.41) is 11.3. The van der Waals surface area contributed by atoms with E-state index in [0.717, 1.165) is 0 Å². The molecule has 2 N–H and O–H groups in total. The lowest BCUT2D eigenvalue weighted by Crippen LogP contribution is -2.11. The van der Waals surface area contributed by atoms with Crippen LogP contribution in [0.4, 0.5) is 5.69 Å². The van der Waals surface area contributed by atoms with E-state index >= 15 is 0 Å². The number of aromatic nitrogens is 1. The molecule has 0 spiro atoms. The van der Waals surface area contributed by atoms with Crippen LogP contribution in [0.1, 0.15) is 20.7 Å². The zero-order valence-corrected chi connectivity index (χ0v) is 8.58. The van der Waals surface area contributed by atoms with Gasteiger partial charge in [0.1, 0.15) is 6.26 Å². The second-order valence-corrected chi connectivity index (χ2v) is 3.23. The summed E-state index contributed by atoms with van der Waals surface area (Å²) in [6, 6.07) is 2.83. The summed E-state index contributed by atoms with van der Waals surface area (Å²) in [6.45, 7) is 0. The molecule has 2 heterocycles. The highest BCUT2D eigenvalue weighted by molar-refractivity contribution is 6.04. The number of pyridine rings is 1. The van der Waals surface area contributed by atoms with Crippen molar-refractivity contribution < 1.29 is 19.1 Å². The van der Waals surface area contributed by atoms with E-state index in [9.17, 15) is 9.59 Å². The smallest absolute Gasteiger partial charge is 0.337 e. The largest absolute Gasteiger partial charge is 0.478 e. The number of anilines is 1. The van der Waals surface area contributed by atoms with Crippen LogP contribution in [0.3, 0.4) is 0 Å². The molecule has 17 heavy (non-hydrogen) atoms. The van der Waals surface area contributed by atoms with Crippen LogP contribution in [-0.4, -0.2) is 22.0 Å². The van der Waals surface area contributed by atoms with Crippen molar-refractivity contribution in [3.63, 3.8) is 0 Å². The van der Waals surface area contributed by atoms with Crippen molar-refractivity contribution in [1.82, 2.24) is 4.98 Å². The third-order valence-corrected chi connectivity index (χ3v) is 2.03. The topological polar surface area (TPSA) is 92.4 Å². The lowest BCUT2D eigenvalue weighted by molar-refractivity contribution is 0.0696. The number of carbonyl (C=O) groups is 2. The summed E-state index contributed by atoms with van der Waals surface area (Å²) in [5.41, 5.74) is 0.678. The number of nitrogens with zero attached hydrogens (tertiary/aromatic N) is 1. The SMILES string of the molecule is O=C(O)c1cncc(NC(=O)c2ccoc2)c1. The van der Waals surface area contributed by atoms with E-state index in [0.29, 0.717) is 11.3 Å². The maximum absolute atomic E-state index is 11.6. The molecule has 0 atom stereocenters. The van der Waals surface area contributed by atoms with Crippen molar-refractivity contribution in [1.29, 1.82) is 0 Å². The summed E-state index contributed by atoms with van der Waals surface area (Å²) >= 11 is 0. The molecule has 0 fully saturated rings. The highest BCUT2D eigenvalue weighted by Crippen LogP contribution is 2.10. The van der Waals surface area contributed by atoms with Crippen molar-refractivity contribution in [2.24, 2.45) is 0 Å². The van der Waals surface area contributed by atoms with E-state index in [-0.39, 0.29) is 11.5 Å². The van der Waals surface area contributed by atoms with E-state index in [1.54, 1.807) is 0 Å². The predicted octanol–water partition coefficient (Wildman–Crippen LogP) is 1.63. The number of carboxylic acids is 1. The van der Waals surface area contributed by atoms with Crippen LogP contribution in [0.2, 0.25) is 0 Å². The summed E-state index contributed by atoms with van der Waals surface area (Å²) in [5.74, 6) is -1.49. The van der Waals surface area contributed by atoms with Crippen LogP contribution in [0.25, 0.3) is 0 Å². The standard InChI is InChI=1S/C11H8N2O4/c14-10(7-1-2-17-6-7)13-9-3-8(11(15)16)4-12-5-9/h1-6H,(H,13,14)(H,15,16). The molecule has 0 unspecified atom stereocenters. The van der Waals surface area contributed by atoms with Crippen LogP contribution in [-0.2, 0) is 0 Å². The quantitative estimate of drug-likeness (QED) is 0.838. The molecule has 6 nitrogen and oxygen atoms in total. The number of hydrogen-bond donors (Lipinski definition) is 2. The zero-order chi connectivity index (χ0) is 12.3. The Hall–Kier alpha value is -2.63. The number of aromatic carboxylic acids is 1. The van der Waals surface area contributed by atoms with Gasteiger partial charge in [-0.15, -0.1) is 0 Å². The van der Waals surface area contributed by atoms with Gasteiger partial charge < -0.3 is 14.8 Å². The first-order chi connectivity index (χ1) is 8.16. The van der Waals surface area contributed by atoms with Gasteiger partial charge >= 0.3 is 5.97 Å². The van der Waals surface area contributed by atoms with Gasteiger partial charge in [-0.1, -0.05) is 0 Å². The molecule has 0 bridgehead atoms. The first-order valence-corrected chi connectivity index (χ1v) is 4.69. The van der Waals surface area contributed by atoms with Gasteiger partial charge in [-0.3, -0.25) is 9.78 Å². The summed E-state index contributed by atoms with van der Waals surface area (Å²) in [4.78, 5) is 26.0. The molecular weight excluding hydrogens is 224 g/mol. The molecule has 0 aromatic carbocycles. The average molecular weight is 232 g/mol. The highest BCUT2D eigenvalue weighted by atomic mass is 16.4. The molecule has 0 aliphatic heterocycles. The number of carboxylic acid groups (broad SMARTS) is 1. The van der Waals surface area contributed by atoms with Gasteiger partial charge in [0.25, 0.3) is 5.91 Å². The number of amides is 1. The van der Waals surface area contributed by atoms with Gasteiger partial charge in [0.2, 0.25) is 0 Å². The molecule has 6 heteroatoms. The molecule has 1 amide bonds. The monoisotopic (exact) mass is 232 g/mol. The first-order valence-electron chi connectivity index (χ1n) is 4.69. The van der Waals surface area contributed by atoms with Crippen LogP contribution < -0.4 is 5.32 Å². The van der Waals surface area contributed by atoms with E-state index < -0.39 is 5.97 Å². The normalized spacial score (nSPS) is 9.88. The van der Waals surface area contributed by atoms with Gasteiger partial charge in [-0.25, -0.2) is 4.79 Å². The number of nitrogens with one attached hydrogen (secondary N) is 1. The zero-order valence-electron chi connectivity index (χ0n) is 8.58. The lowest BCUT2D eigenvalue weighted by atomic mass is 10.2. The third kappa shape index (κ3) is 2.49. The lowest BCUT2D eigenvalue weighted by Gasteiger charge is -2.03. The summed E-state index contributed by atoms with van der Waals surface area (Å²) in [6.07, 6.45) is 5.24. The second-order valence-electron chi connectivity index (χ2n) is 3.23. The number of carbonyl (C=O) groups excluding carboxylic acids is 1. The van der Waals surface area contributed by atoms with Crippen molar-refractivity contribution in [2.45, 2.75) is 0 Å². The van der Waals surface area contributed by atoms with Gasteiger partial charge in [0.15, 0.2) is 0 Å². The fourth-order valence-corrected chi connectivity index (χ4v) is 1.22. The fraction of sp³-hybridized carbons (Fsp3) is 0. The first kappa shape index (κ1) is 10.9. The highest BCUT2D eigenvalue weighted by Gasteiger charge is 2.09. The molecule has 86 valence electrons. The molecule has 2 aromatic heterocycles. The van der Waals surface area contributed by atoms with Crippen molar-refractivity contribution in [3.8, 4) is 0 Å². The Labute approximate surface area is 95.9 Å². The van der Waals surface area contributed by atoms with Gasteiger partial charge in [0.05, 0.1) is 29.3 Å². The van der Waals surface area contributed by atoms with Crippen molar-refractivity contribution in [2.75, 3.05) is 5.32 Å². The Morgan fingerprint density at radius 2 is 2.12 bits per heavy atom. The Balaban J connectivity index is 2.16. The van der Waals surface area contributed by atoms with E-state index in [4.69, 9.17) is 9.52 Å². The maximum Gasteiger partial charge on any atom is 0.337 e. The fourth-order valence-electron chi connectivity index (χ4n) is 1.22. The molecule has 2 rings (SSSR count). The maximum atomic E-state index is 11.6.